The summed E-state index contributed by atoms with van der Waals surface area (Å²) in [6, 6.07) is 9.51. The van der Waals surface area contributed by atoms with Crippen molar-refractivity contribution < 1.29 is 33.3 Å². The van der Waals surface area contributed by atoms with Crippen LogP contribution in [0.4, 0.5) is 4.39 Å². The average molecular weight is 564 g/mol. The molecule has 1 heterocycles. The molecule has 7 nitrogen and oxygen atoms in total. The van der Waals surface area contributed by atoms with Gasteiger partial charge in [-0.25, -0.2) is 14.2 Å². The van der Waals surface area contributed by atoms with E-state index < -0.39 is 11.9 Å². The van der Waals surface area contributed by atoms with Crippen molar-refractivity contribution in [3.63, 3.8) is 0 Å². The number of esters is 1. The molecule has 0 atom stereocenters. The fraction of sp³-hybridized carbons (Fsp3) is 0.240. The molecule has 0 saturated heterocycles. The molecule has 1 N–H and O–H groups in total. The van der Waals surface area contributed by atoms with E-state index in [1.165, 1.54) is 19.2 Å². The van der Waals surface area contributed by atoms with Gasteiger partial charge in [0, 0.05) is 6.42 Å². The lowest BCUT2D eigenvalue weighted by atomic mass is 10.1. The molecule has 0 radical (unpaired) electrons. The van der Waals surface area contributed by atoms with Crippen LogP contribution in [0.3, 0.4) is 0 Å². The molecule has 2 aromatic rings. The van der Waals surface area contributed by atoms with Crippen LogP contribution >= 0.6 is 27.7 Å². The van der Waals surface area contributed by atoms with E-state index in [0.717, 1.165) is 11.8 Å². The first kappa shape index (κ1) is 26.5. The highest BCUT2D eigenvalue weighted by atomic mass is 79.9. The van der Waals surface area contributed by atoms with Gasteiger partial charge in [0.15, 0.2) is 11.5 Å². The van der Waals surface area contributed by atoms with Crippen molar-refractivity contribution in [3.05, 3.63) is 74.1 Å². The maximum Gasteiger partial charge on any atom is 0.344 e. The minimum Gasteiger partial charge on any atom is -0.506 e. The second-order valence-corrected chi connectivity index (χ2v) is 9.06. The van der Waals surface area contributed by atoms with E-state index in [1.54, 1.807) is 44.2 Å². The van der Waals surface area contributed by atoms with Crippen LogP contribution in [0.25, 0.3) is 6.08 Å². The predicted octanol–water partition coefficient (Wildman–Crippen LogP) is 5.97. The molecule has 10 heteroatoms. The summed E-state index contributed by atoms with van der Waals surface area (Å²) in [7, 11) is 1.48. The Hall–Kier alpha value is -3.11. The van der Waals surface area contributed by atoms with Crippen LogP contribution in [0.1, 0.15) is 31.4 Å². The van der Waals surface area contributed by atoms with Crippen LogP contribution in [0.15, 0.2) is 62.1 Å². The summed E-state index contributed by atoms with van der Waals surface area (Å²) in [6.07, 6.45) is 1.78. The topological polar surface area (TPSA) is 94.4 Å². The third-order valence-corrected chi connectivity index (χ3v) is 6.33. The SMILES string of the molecule is CCOC(=O)C1=C(O)/C(=C/c2cc(Br)c(OCc3cccc(F)c3)c(OC)c2)SC1=NC(=O)CC. The molecule has 1 amide bonds. The van der Waals surface area contributed by atoms with Crippen molar-refractivity contribution >= 4 is 50.7 Å². The normalized spacial score (nSPS) is 15.6. The minimum absolute atomic E-state index is 0.0835. The summed E-state index contributed by atoms with van der Waals surface area (Å²) < 4.78 is 30.4. The van der Waals surface area contributed by atoms with E-state index in [9.17, 15) is 19.1 Å². The lowest BCUT2D eigenvalue weighted by molar-refractivity contribution is -0.138. The summed E-state index contributed by atoms with van der Waals surface area (Å²) in [5, 5.41) is 10.8. The molecule has 0 unspecified atom stereocenters. The van der Waals surface area contributed by atoms with Gasteiger partial charge in [0.25, 0.3) is 0 Å². The van der Waals surface area contributed by atoms with E-state index in [4.69, 9.17) is 14.2 Å². The summed E-state index contributed by atoms with van der Waals surface area (Å²) >= 11 is 4.46. The standard InChI is InChI=1S/C25H23BrFNO6S/c1-4-20(29)28-24-21(25(31)33-5-2)22(30)19(35-24)12-15-10-17(26)23(18(11-15)32-3)34-13-14-7-6-8-16(27)9-14/h6-12,30H,4-5,13H2,1-3H3/b19-12-,28-24?. The first-order valence-electron chi connectivity index (χ1n) is 10.6. The Kier molecular flexibility index (Phi) is 9.11. The first-order chi connectivity index (χ1) is 16.8. The van der Waals surface area contributed by atoms with Crippen LogP contribution in [0, 0.1) is 5.82 Å². The molecule has 0 fully saturated rings. The molecule has 0 aromatic heterocycles. The van der Waals surface area contributed by atoms with Gasteiger partial charge in [-0.2, -0.15) is 0 Å². The molecular weight excluding hydrogens is 541 g/mol. The molecule has 1 aliphatic rings. The van der Waals surface area contributed by atoms with Gasteiger partial charge in [-0.15, -0.1) is 0 Å². The molecule has 0 bridgehead atoms. The Balaban J connectivity index is 1.94. The van der Waals surface area contributed by atoms with E-state index in [0.29, 0.717) is 32.0 Å². The Morgan fingerprint density at radius 3 is 2.66 bits per heavy atom. The van der Waals surface area contributed by atoms with Gasteiger partial charge in [0.2, 0.25) is 5.91 Å². The number of aliphatic imine (C=N–C) groups is 1. The zero-order valence-electron chi connectivity index (χ0n) is 19.3. The van der Waals surface area contributed by atoms with E-state index in [-0.39, 0.29) is 41.8 Å². The number of halogens is 2. The van der Waals surface area contributed by atoms with Crippen molar-refractivity contribution in [2.75, 3.05) is 13.7 Å². The number of methoxy groups -OCH3 is 1. The zero-order valence-corrected chi connectivity index (χ0v) is 21.7. The number of carbonyl (C=O) groups excluding carboxylic acids is 2. The molecule has 35 heavy (non-hydrogen) atoms. The maximum absolute atomic E-state index is 13.5. The van der Waals surface area contributed by atoms with Gasteiger partial charge in [0.05, 0.1) is 23.1 Å². The molecule has 3 rings (SSSR count). The average Bonchev–Trinajstić information content (AvgIpc) is 3.12. The van der Waals surface area contributed by atoms with Gasteiger partial charge >= 0.3 is 5.97 Å². The Morgan fingerprint density at radius 1 is 1.23 bits per heavy atom. The highest BCUT2D eigenvalue weighted by molar-refractivity contribution is 9.10. The van der Waals surface area contributed by atoms with Crippen molar-refractivity contribution in [3.8, 4) is 11.5 Å². The number of amides is 1. The maximum atomic E-state index is 13.5. The van der Waals surface area contributed by atoms with Crippen LogP contribution in [0.2, 0.25) is 0 Å². The summed E-state index contributed by atoms with van der Waals surface area (Å²) in [5.41, 5.74) is 1.13. The molecule has 0 saturated carbocycles. The van der Waals surface area contributed by atoms with Crippen LogP contribution in [-0.2, 0) is 20.9 Å². The summed E-state index contributed by atoms with van der Waals surface area (Å²) in [5.74, 6) is -1.05. The van der Waals surface area contributed by atoms with Crippen LogP contribution in [-0.4, -0.2) is 35.7 Å². The number of nitrogens with zero attached hydrogens (tertiary/aromatic N) is 1. The van der Waals surface area contributed by atoms with Gasteiger partial charge in [-0.1, -0.05) is 30.8 Å². The van der Waals surface area contributed by atoms with Crippen LogP contribution in [0.5, 0.6) is 11.5 Å². The molecule has 2 aromatic carbocycles. The van der Waals surface area contributed by atoms with E-state index >= 15 is 0 Å². The largest absolute Gasteiger partial charge is 0.506 e. The van der Waals surface area contributed by atoms with E-state index in [2.05, 4.69) is 20.9 Å². The van der Waals surface area contributed by atoms with Gasteiger partial charge < -0.3 is 19.3 Å². The minimum atomic E-state index is -0.761. The van der Waals surface area contributed by atoms with E-state index in [1.807, 2.05) is 0 Å². The van der Waals surface area contributed by atoms with Crippen molar-refractivity contribution in [1.82, 2.24) is 0 Å². The monoisotopic (exact) mass is 563 g/mol. The molecule has 0 spiro atoms. The number of carbonyl (C=O) groups is 2. The van der Waals surface area contributed by atoms with Crippen molar-refractivity contribution in [1.29, 1.82) is 0 Å². The Labute approximate surface area is 214 Å². The third-order valence-electron chi connectivity index (χ3n) is 4.72. The highest BCUT2D eigenvalue weighted by Gasteiger charge is 2.33. The molecule has 1 aliphatic heterocycles. The highest BCUT2D eigenvalue weighted by Crippen LogP contribution is 2.42. The quantitative estimate of drug-likeness (QED) is 0.395. The zero-order chi connectivity index (χ0) is 25.5. The predicted molar refractivity (Wildman–Crippen MR) is 136 cm³/mol. The number of aliphatic hydroxyl groups is 1. The fourth-order valence-electron chi connectivity index (χ4n) is 3.08. The van der Waals surface area contributed by atoms with Crippen molar-refractivity contribution in [2.45, 2.75) is 26.9 Å². The summed E-state index contributed by atoms with van der Waals surface area (Å²) in [4.78, 5) is 28.5. The Bertz CT molecular complexity index is 1240. The Morgan fingerprint density at radius 2 is 2.00 bits per heavy atom. The smallest absolute Gasteiger partial charge is 0.344 e. The molecule has 0 aliphatic carbocycles. The van der Waals surface area contributed by atoms with Gasteiger partial charge in [-0.05, 0) is 64.3 Å². The lowest BCUT2D eigenvalue weighted by Gasteiger charge is -2.14. The summed E-state index contributed by atoms with van der Waals surface area (Å²) in [6.45, 7) is 3.53. The second kappa shape index (κ2) is 12.0. The third kappa shape index (κ3) is 6.52. The first-order valence-corrected chi connectivity index (χ1v) is 12.2. The number of ether oxygens (including phenoxy) is 3. The lowest BCUT2D eigenvalue weighted by Crippen LogP contribution is -2.14. The number of benzene rings is 2. The number of thioether (sulfide) groups is 1. The molecule has 184 valence electrons. The number of hydrogen-bond donors (Lipinski definition) is 1. The van der Waals surface area contributed by atoms with Gasteiger partial charge in [-0.3, -0.25) is 4.79 Å². The number of aliphatic hydroxyl groups excluding tert-OH is 1. The number of rotatable bonds is 8. The van der Waals surface area contributed by atoms with Gasteiger partial charge in [0.1, 0.15) is 28.8 Å². The number of hydrogen-bond acceptors (Lipinski definition) is 7. The second-order valence-electron chi connectivity index (χ2n) is 7.17. The molecular formula is C25H23BrFNO6S. The van der Waals surface area contributed by atoms with Crippen LogP contribution < -0.4 is 9.47 Å². The van der Waals surface area contributed by atoms with Crippen molar-refractivity contribution in [2.24, 2.45) is 4.99 Å². The fourth-order valence-corrected chi connectivity index (χ4v) is 4.69.